The van der Waals surface area contributed by atoms with Crippen molar-refractivity contribution in [2.75, 3.05) is 0 Å². The molecule has 0 N–H and O–H groups in total. The van der Waals surface area contributed by atoms with Gasteiger partial charge in [-0.3, -0.25) is 0 Å². The monoisotopic (exact) mass is 280 g/mol. The summed E-state index contributed by atoms with van der Waals surface area (Å²) in [5.41, 5.74) is 11.4. The normalized spacial score (nSPS) is 12.5. The van der Waals surface area contributed by atoms with Crippen molar-refractivity contribution in [1.82, 2.24) is 0 Å². The Bertz CT molecular complexity index is 616. The highest BCUT2D eigenvalue weighted by atomic mass is 14.2. The van der Waals surface area contributed by atoms with Crippen LogP contribution >= 0.6 is 0 Å². The summed E-state index contributed by atoms with van der Waals surface area (Å²) in [7, 11) is 0. The van der Waals surface area contributed by atoms with E-state index in [1.165, 1.54) is 44.5 Å². The zero-order valence-corrected chi connectivity index (χ0v) is 14.6. The van der Waals surface area contributed by atoms with E-state index in [1.807, 2.05) is 0 Å². The molecule has 0 aliphatic carbocycles. The molecule has 0 nitrogen and oxygen atoms in total. The first-order chi connectivity index (χ1) is 9.79. The van der Waals surface area contributed by atoms with Gasteiger partial charge in [-0.25, -0.2) is 0 Å². The molecule has 0 saturated carbocycles. The van der Waals surface area contributed by atoms with Crippen molar-refractivity contribution in [3.05, 3.63) is 68.8 Å². The highest BCUT2D eigenvalue weighted by Gasteiger charge is 2.11. The average Bonchev–Trinajstić information content (AvgIpc) is 2.41. The van der Waals surface area contributed by atoms with Crippen molar-refractivity contribution < 1.29 is 0 Å². The highest BCUT2D eigenvalue weighted by molar-refractivity contribution is 5.40. The fourth-order valence-electron chi connectivity index (χ4n) is 3.07. The highest BCUT2D eigenvalue weighted by Crippen LogP contribution is 2.26. The minimum Gasteiger partial charge on any atom is -0.0581 e. The molecule has 2 aromatic rings. The smallest absolute Gasteiger partial charge is 0.0150 e. The van der Waals surface area contributed by atoms with Gasteiger partial charge < -0.3 is 0 Å². The second-order valence-electron chi connectivity index (χ2n) is 6.74. The Kier molecular flexibility index (Phi) is 4.56. The van der Waals surface area contributed by atoms with Gasteiger partial charge in [-0.05, 0) is 98.4 Å². The average molecular weight is 280 g/mol. The van der Waals surface area contributed by atoms with E-state index in [-0.39, 0.29) is 0 Å². The molecule has 0 aliphatic rings. The minimum absolute atomic E-state index is 0.560. The standard InChI is InChI=1S/C21H28/c1-13-8-20(9-14(2)18(13)6)10-17(5)21-11-15(3)19(7)16(4)12-21/h8-9,11-12,17H,10H2,1-7H3. The predicted octanol–water partition coefficient (Wildman–Crippen LogP) is 5.88. The van der Waals surface area contributed by atoms with Gasteiger partial charge in [0, 0.05) is 0 Å². The van der Waals surface area contributed by atoms with Crippen molar-refractivity contribution >= 4 is 0 Å². The van der Waals surface area contributed by atoms with Crippen LogP contribution in [0, 0.1) is 41.5 Å². The maximum absolute atomic E-state index is 2.36. The van der Waals surface area contributed by atoms with Gasteiger partial charge in [0.05, 0.1) is 0 Å². The molecule has 0 aromatic heterocycles. The lowest BCUT2D eigenvalue weighted by Gasteiger charge is -2.17. The molecule has 0 spiro atoms. The van der Waals surface area contributed by atoms with E-state index in [1.54, 1.807) is 0 Å². The Labute approximate surface area is 130 Å². The third kappa shape index (κ3) is 3.37. The van der Waals surface area contributed by atoms with Gasteiger partial charge in [0.1, 0.15) is 0 Å². The van der Waals surface area contributed by atoms with Gasteiger partial charge in [0.2, 0.25) is 0 Å². The van der Waals surface area contributed by atoms with E-state index in [0.29, 0.717) is 5.92 Å². The van der Waals surface area contributed by atoms with E-state index < -0.39 is 0 Å². The molecule has 0 aliphatic heterocycles. The van der Waals surface area contributed by atoms with Gasteiger partial charge >= 0.3 is 0 Å². The number of aryl methyl sites for hydroxylation is 4. The van der Waals surface area contributed by atoms with Crippen LogP contribution < -0.4 is 0 Å². The molecule has 0 heterocycles. The van der Waals surface area contributed by atoms with E-state index >= 15 is 0 Å². The van der Waals surface area contributed by atoms with Crippen molar-refractivity contribution in [3.8, 4) is 0 Å². The van der Waals surface area contributed by atoms with Gasteiger partial charge in [-0.1, -0.05) is 31.2 Å². The molecule has 2 aromatic carbocycles. The van der Waals surface area contributed by atoms with Crippen LogP contribution in [0.5, 0.6) is 0 Å². The Hall–Kier alpha value is -1.56. The second-order valence-corrected chi connectivity index (χ2v) is 6.74. The molecule has 1 atom stereocenters. The molecule has 0 radical (unpaired) electrons. The van der Waals surface area contributed by atoms with E-state index in [2.05, 4.69) is 72.7 Å². The summed E-state index contributed by atoms with van der Waals surface area (Å²) in [5, 5.41) is 0. The van der Waals surface area contributed by atoms with Crippen molar-refractivity contribution in [2.24, 2.45) is 0 Å². The second kappa shape index (κ2) is 6.05. The van der Waals surface area contributed by atoms with Crippen LogP contribution in [0.3, 0.4) is 0 Å². The summed E-state index contributed by atoms with van der Waals surface area (Å²) in [5.74, 6) is 0.560. The van der Waals surface area contributed by atoms with Crippen molar-refractivity contribution in [2.45, 2.75) is 60.8 Å². The molecule has 21 heavy (non-hydrogen) atoms. The Balaban J connectivity index is 2.28. The topological polar surface area (TPSA) is 0 Å². The van der Waals surface area contributed by atoms with Gasteiger partial charge in [-0.2, -0.15) is 0 Å². The Morgan fingerprint density at radius 2 is 1.05 bits per heavy atom. The van der Waals surface area contributed by atoms with Gasteiger partial charge in [0.15, 0.2) is 0 Å². The summed E-state index contributed by atoms with van der Waals surface area (Å²) in [6.07, 6.45) is 1.11. The number of benzene rings is 2. The third-order valence-electron chi connectivity index (χ3n) is 5.05. The first kappa shape index (κ1) is 15.8. The van der Waals surface area contributed by atoms with E-state index in [9.17, 15) is 0 Å². The maximum atomic E-state index is 2.36. The first-order valence-electron chi connectivity index (χ1n) is 7.94. The summed E-state index contributed by atoms with van der Waals surface area (Å²) < 4.78 is 0. The molecule has 0 saturated heterocycles. The molecule has 112 valence electrons. The lowest BCUT2D eigenvalue weighted by atomic mass is 9.88. The minimum atomic E-state index is 0.560. The summed E-state index contributed by atoms with van der Waals surface area (Å²) in [6, 6.07) is 9.43. The molecule has 1 unspecified atom stereocenters. The van der Waals surface area contributed by atoms with Crippen LogP contribution in [-0.4, -0.2) is 0 Å². The zero-order valence-electron chi connectivity index (χ0n) is 14.6. The van der Waals surface area contributed by atoms with Crippen LogP contribution in [-0.2, 0) is 6.42 Å². The lowest BCUT2D eigenvalue weighted by Crippen LogP contribution is -2.02. The molecule has 0 heteroatoms. The van der Waals surface area contributed by atoms with Crippen molar-refractivity contribution in [3.63, 3.8) is 0 Å². The largest absolute Gasteiger partial charge is 0.0581 e. The molecular weight excluding hydrogens is 252 g/mol. The lowest BCUT2D eigenvalue weighted by molar-refractivity contribution is 0.755. The van der Waals surface area contributed by atoms with Gasteiger partial charge in [-0.15, -0.1) is 0 Å². The quantitative estimate of drug-likeness (QED) is 0.658. The molecule has 0 fully saturated rings. The van der Waals surface area contributed by atoms with Crippen molar-refractivity contribution in [1.29, 1.82) is 0 Å². The van der Waals surface area contributed by atoms with Crippen LogP contribution in [0.1, 0.15) is 57.3 Å². The third-order valence-corrected chi connectivity index (χ3v) is 5.05. The van der Waals surface area contributed by atoms with Crippen LogP contribution in [0.4, 0.5) is 0 Å². The molecule has 0 bridgehead atoms. The zero-order chi connectivity index (χ0) is 15.7. The van der Waals surface area contributed by atoms with E-state index in [4.69, 9.17) is 0 Å². The molecule has 2 rings (SSSR count). The van der Waals surface area contributed by atoms with Crippen LogP contribution in [0.25, 0.3) is 0 Å². The SMILES string of the molecule is Cc1cc(CC(C)c2cc(C)c(C)c(C)c2)cc(C)c1C. The predicted molar refractivity (Wildman–Crippen MR) is 93.4 cm³/mol. The summed E-state index contributed by atoms with van der Waals surface area (Å²) >= 11 is 0. The van der Waals surface area contributed by atoms with Gasteiger partial charge in [0.25, 0.3) is 0 Å². The number of hydrogen-bond acceptors (Lipinski definition) is 0. The van der Waals surface area contributed by atoms with Crippen LogP contribution in [0.2, 0.25) is 0 Å². The fraction of sp³-hybridized carbons (Fsp3) is 0.429. The molecule has 0 amide bonds. The Morgan fingerprint density at radius 3 is 1.48 bits per heavy atom. The fourth-order valence-corrected chi connectivity index (χ4v) is 3.07. The maximum Gasteiger partial charge on any atom is -0.0150 e. The Morgan fingerprint density at radius 1 is 0.667 bits per heavy atom. The van der Waals surface area contributed by atoms with Crippen LogP contribution in [0.15, 0.2) is 24.3 Å². The first-order valence-corrected chi connectivity index (χ1v) is 7.94. The summed E-state index contributed by atoms with van der Waals surface area (Å²) in [4.78, 5) is 0. The summed E-state index contributed by atoms with van der Waals surface area (Å²) in [6.45, 7) is 15.6. The molecular formula is C21H28. The van der Waals surface area contributed by atoms with E-state index in [0.717, 1.165) is 6.42 Å². The number of rotatable bonds is 3. The number of hydrogen-bond donors (Lipinski definition) is 0.